The fourth-order valence-corrected chi connectivity index (χ4v) is 2.78. The fourth-order valence-electron chi connectivity index (χ4n) is 2.65. The molecule has 1 aliphatic carbocycles. The normalized spacial score (nSPS) is 17.6. The molecule has 2 nitrogen and oxygen atoms in total. The molecule has 0 bridgehead atoms. The number of hydrogen-bond donors (Lipinski definition) is 1. The minimum absolute atomic E-state index is 0.151. The number of benzene rings is 2. The third-order valence-corrected chi connectivity index (χ3v) is 4.05. The fraction of sp³-hybridized carbons (Fsp3) is 0.294. The van der Waals surface area contributed by atoms with Gasteiger partial charge in [-0.25, -0.2) is 0 Å². The zero-order valence-corrected chi connectivity index (χ0v) is 12.1. The van der Waals surface area contributed by atoms with Gasteiger partial charge in [0, 0.05) is 11.1 Å². The first kappa shape index (κ1) is 13.5. The number of rotatable bonds is 3. The van der Waals surface area contributed by atoms with Crippen molar-refractivity contribution in [3.8, 4) is 5.75 Å². The van der Waals surface area contributed by atoms with Crippen molar-refractivity contribution < 1.29 is 4.74 Å². The first-order valence-electron chi connectivity index (χ1n) is 6.98. The van der Waals surface area contributed by atoms with Gasteiger partial charge in [0.05, 0.1) is 0 Å². The predicted octanol–water partition coefficient (Wildman–Crippen LogP) is 4.26. The molecule has 20 heavy (non-hydrogen) atoms. The number of fused-ring (bicyclic) bond motifs is 1. The Balaban J connectivity index is 1.72. The maximum atomic E-state index is 6.17. The molecule has 1 aliphatic rings. The van der Waals surface area contributed by atoms with Crippen molar-refractivity contribution in [3.05, 3.63) is 64.2 Å². The van der Waals surface area contributed by atoms with E-state index in [2.05, 4.69) is 12.1 Å². The Morgan fingerprint density at radius 1 is 1.15 bits per heavy atom. The van der Waals surface area contributed by atoms with Crippen LogP contribution in [0.3, 0.4) is 0 Å². The number of hydrogen-bond acceptors (Lipinski definition) is 2. The number of ether oxygens (including phenoxy) is 1. The van der Waals surface area contributed by atoms with E-state index in [1.165, 1.54) is 17.5 Å². The number of nitrogens with two attached hydrogens (primary N) is 1. The summed E-state index contributed by atoms with van der Waals surface area (Å²) in [7, 11) is 0. The average Bonchev–Trinajstić information content (AvgIpc) is 2.47. The third-order valence-electron chi connectivity index (χ3n) is 3.80. The molecule has 2 N–H and O–H groups in total. The van der Waals surface area contributed by atoms with Crippen LogP contribution in [-0.2, 0) is 13.0 Å². The van der Waals surface area contributed by atoms with Crippen molar-refractivity contribution in [2.45, 2.75) is 31.9 Å². The van der Waals surface area contributed by atoms with Crippen LogP contribution in [0.25, 0.3) is 0 Å². The Hall–Kier alpha value is -1.51. The number of halogens is 1. The van der Waals surface area contributed by atoms with Crippen LogP contribution >= 0.6 is 11.6 Å². The summed E-state index contributed by atoms with van der Waals surface area (Å²) in [6.07, 6.45) is 3.37. The summed E-state index contributed by atoms with van der Waals surface area (Å²) in [6.45, 7) is 0.547. The Kier molecular flexibility index (Phi) is 3.95. The SMILES string of the molecule is NC1CCCc2ccc(OCc3ccc(Cl)cc3)cc21. The second-order valence-corrected chi connectivity index (χ2v) is 5.71. The summed E-state index contributed by atoms with van der Waals surface area (Å²) >= 11 is 5.87. The van der Waals surface area contributed by atoms with Gasteiger partial charge < -0.3 is 10.5 Å². The molecular weight excluding hydrogens is 270 g/mol. The van der Waals surface area contributed by atoms with E-state index in [1.54, 1.807) is 0 Å². The van der Waals surface area contributed by atoms with Gasteiger partial charge in [0.2, 0.25) is 0 Å². The molecule has 0 amide bonds. The molecule has 3 heteroatoms. The van der Waals surface area contributed by atoms with Crippen LogP contribution in [0.2, 0.25) is 5.02 Å². The van der Waals surface area contributed by atoms with Crippen LogP contribution < -0.4 is 10.5 Å². The van der Waals surface area contributed by atoms with Crippen molar-refractivity contribution in [1.82, 2.24) is 0 Å². The zero-order valence-electron chi connectivity index (χ0n) is 11.3. The molecule has 104 valence electrons. The summed E-state index contributed by atoms with van der Waals surface area (Å²) in [4.78, 5) is 0. The summed E-state index contributed by atoms with van der Waals surface area (Å²) < 4.78 is 5.85. The second-order valence-electron chi connectivity index (χ2n) is 5.27. The largest absolute Gasteiger partial charge is 0.489 e. The monoisotopic (exact) mass is 287 g/mol. The summed E-state index contributed by atoms with van der Waals surface area (Å²) in [5.41, 5.74) is 9.88. The Labute approximate surface area is 124 Å². The smallest absolute Gasteiger partial charge is 0.120 e. The highest BCUT2D eigenvalue weighted by Crippen LogP contribution is 2.31. The minimum Gasteiger partial charge on any atom is -0.489 e. The molecular formula is C17H18ClNO. The first-order chi connectivity index (χ1) is 9.72. The molecule has 2 aromatic rings. The predicted molar refractivity (Wildman–Crippen MR) is 82.1 cm³/mol. The van der Waals surface area contributed by atoms with Crippen molar-refractivity contribution in [3.63, 3.8) is 0 Å². The lowest BCUT2D eigenvalue weighted by Crippen LogP contribution is -2.17. The van der Waals surface area contributed by atoms with Gasteiger partial charge in [-0.15, -0.1) is 0 Å². The zero-order chi connectivity index (χ0) is 13.9. The van der Waals surface area contributed by atoms with Crippen molar-refractivity contribution in [2.75, 3.05) is 0 Å². The van der Waals surface area contributed by atoms with Crippen molar-refractivity contribution >= 4 is 11.6 Å². The summed E-state index contributed by atoms with van der Waals surface area (Å²) in [5.74, 6) is 0.885. The molecule has 0 spiro atoms. The quantitative estimate of drug-likeness (QED) is 0.916. The lowest BCUT2D eigenvalue weighted by atomic mass is 9.88. The van der Waals surface area contributed by atoms with Crippen molar-refractivity contribution in [2.24, 2.45) is 5.73 Å². The lowest BCUT2D eigenvalue weighted by Gasteiger charge is -2.22. The standard InChI is InChI=1S/C17H18ClNO/c18-14-7-4-12(5-8-14)11-20-15-9-6-13-2-1-3-17(19)16(13)10-15/h4-10,17H,1-3,11,19H2. The van der Waals surface area contributed by atoms with Crippen molar-refractivity contribution in [1.29, 1.82) is 0 Å². The van der Waals surface area contributed by atoms with Gasteiger partial charge in [0.15, 0.2) is 0 Å². The Bertz CT molecular complexity index is 594. The van der Waals surface area contributed by atoms with Crippen LogP contribution in [-0.4, -0.2) is 0 Å². The second kappa shape index (κ2) is 5.86. The van der Waals surface area contributed by atoms with Gasteiger partial charge in [-0.2, -0.15) is 0 Å². The van der Waals surface area contributed by atoms with Crippen LogP contribution in [0.1, 0.15) is 35.6 Å². The van der Waals surface area contributed by atoms with E-state index in [-0.39, 0.29) is 6.04 Å². The third kappa shape index (κ3) is 2.97. The van der Waals surface area contributed by atoms with Crippen LogP contribution in [0.5, 0.6) is 5.75 Å². The van der Waals surface area contributed by atoms with E-state index in [4.69, 9.17) is 22.1 Å². The molecule has 0 fully saturated rings. The Morgan fingerprint density at radius 2 is 1.95 bits per heavy atom. The van der Waals surface area contributed by atoms with E-state index in [9.17, 15) is 0 Å². The molecule has 2 aromatic carbocycles. The molecule has 0 radical (unpaired) electrons. The lowest BCUT2D eigenvalue weighted by molar-refractivity contribution is 0.305. The number of aryl methyl sites for hydroxylation is 1. The maximum Gasteiger partial charge on any atom is 0.120 e. The summed E-state index contributed by atoms with van der Waals surface area (Å²) in [5, 5.41) is 0.744. The van der Waals surface area contributed by atoms with Gasteiger partial charge in [0.25, 0.3) is 0 Å². The molecule has 0 heterocycles. The van der Waals surface area contributed by atoms with E-state index in [0.717, 1.165) is 29.2 Å². The Morgan fingerprint density at radius 3 is 2.75 bits per heavy atom. The summed E-state index contributed by atoms with van der Waals surface area (Å²) in [6, 6.07) is 14.1. The van der Waals surface area contributed by atoms with Crippen LogP contribution in [0, 0.1) is 0 Å². The highest BCUT2D eigenvalue weighted by atomic mass is 35.5. The molecule has 1 unspecified atom stereocenters. The maximum absolute atomic E-state index is 6.17. The van der Waals surface area contributed by atoms with Crippen LogP contribution in [0.4, 0.5) is 0 Å². The molecule has 0 saturated carbocycles. The minimum atomic E-state index is 0.151. The van der Waals surface area contributed by atoms with Gasteiger partial charge >= 0.3 is 0 Å². The van der Waals surface area contributed by atoms with E-state index in [0.29, 0.717) is 6.61 Å². The highest BCUT2D eigenvalue weighted by molar-refractivity contribution is 6.30. The van der Waals surface area contributed by atoms with Gasteiger partial charge in [-0.1, -0.05) is 29.8 Å². The molecule has 0 aliphatic heterocycles. The molecule has 1 atom stereocenters. The van der Waals surface area contributed by atoms with Gasteiger partial charge in [0.1, 0.15) is 12.4 Å². The average molecular weight is 288 g/mol. The van der Waals surface area contributed by atoms with E-state index in [1.807, 2.05) is 30.3 Å². The topological polar surface area (TPSA) is 35.2 Å². The van der Waals surface area contributed by atoms with E-state index >= 15 is 0 Å². The van der Waals surface area contributed by atoms with Gasteiger partial charge in [-0.05, 0) is 60.2 Å². The van der Waals surface area contributed by atoms with E-state index < -0.39 is 0 Å². The molecule has 0 saturated heterocycles. The first-order valence-corrected chi connectivity index (χ1v) is 7.36. The molecule has 0 aromatic heterocycles. The molecule has 3 rings (SSSR count). The van der Waals surface area contributed by atoms with Gasteiger partial charge in [-0.3, -0.25) is 0 Å². The van der Waals surface area contributed by atoms with Crippen LogP contribution in [0.15, 0.2) is 42.5 Å². The highest BCUT2D eigenvalue weighted by Gasteiger charge is 2.17.